The average molecular weight is 492 g/mol. The molecule has 1 atom stereocenters. The van der Waals surface area contributed by atoms with Crippen molar-refractivity contribution in [2.24, 2.45) is 5.73 Å². The number of halogens is 1. The van der Waals surface area contributed by atoms with Gasteiger partial charge in [0.2, 0.25) is 11.8 Å². The number of nitrogens with two attached hydrogens (primary N) is 1. The van der Waals surface area contributed by atoms with Gasteiger partial charge < -0.3 is 11.1 Å². The van der Waals surface area contributed by atoms with Crippen LogP contribution in [0.15, 0.2) is 78.0 Å². The minimum Gasteiger partial charge on any atom is -0.366 e. The molecule has 4 aromatic rings. The molecule has 0 fully saturated rings. The van der Waals surface area contributed by atoms with Crippen LogP contribution in [0.4, 0.5) is 5.69 Å². The van der Waals surface area contributed by atoms with Crippen LogP contribution in [-0.2, 0) is 4.79 Å². The van der Waals surface area contributed by atoms with E-state index >= 15 is 0 Å². The number of rotatable bonds is 7. The Kier molecular flexibility index (Phi) is 7.00. The third-order valence-electron chi connectivity index (χ3n) is 5.12. The predicted octanol–water partition coefficient (Wildman–Crippen LogP) is 5.11. The molecule has 34 heavy (non-hydrogen) atoms. The number of aryl methyl sites for hydroxylation is 1. The molecule has 0 aliphatic heterocycles. The largest absolute Gasteiger partial charge is 0.366 e. The molecular weight excluding hydrogens is 470 g/mol. The molecule has 0 aliphatic rings. The van der Waals surface area contributed by atoms with E-state index in [1.807, 2.05) is 47.9 Å². The second-order valence-electron chi connectivity index (χ2n) is 7.67. The van der Waals surface area contributed by atoms with Crippen molar-refractivity contribution in [1.29, 1.82) is 0 Å². The van der Waals surface area contributed by atoms with Gasteiger partial charge in [0.05, 0.1) is 5.25 Å². The van der Waals surface area contributed by atoms with E-state index in [4.69, 9.17) is 17.3 Å². The first kappa shape index (κ1) is 23.5. The highest BCUT2D eigenvalue weighted by Crippen LogP contribution is 2.31. The van der Waals surface area contributed by atoms with Crippen molar-refractivity contribution >= 4 is 40.9 Å². The number of nitrogens with zero attached hydrogens (tertiary/aromatic N) is 3. The molecule has 0 radical (unpaired) electrons. The van der Waals surface area contributed by atoms with Crippen molar-refractivity contribution in [3.05, 3.63) is 88.9 Å². The number of carbonyl (C=O) groups excluding carboxylic acids is 2. The second-order valence-corrected chi connectivity index (χ2v) is 9.42. The lowest BCUT2D eigenvalue weighted by atomic mass is 10.1. The topological polar surface area (TPSA) is 103 Å². The number of aromatic nitrogens is 3. The third-order valence-corrected chi connectivity index (χ3v) is 6.41. The number of thioether (sulfide) groups is 1. The molecule has 1 unspecified atom stereocenters. The highest BCUT2D eigenvalue weighted by Gasteiger charge is 2.22. The maximum absolute atomic E-state index is 12.8. The van der Waals surface area contributed by atoms with Gasteiger partial charge in [-0.25, -0.2) is 0 Å². The minimum atomic E-state index is -0.521. The zero-order valence-corrected chi connectivity index (χ0v) is 20.1. The van der Waals surface area contributed by atoms with Gasteiger partial charge in [0.25, 0.3) is 0 Å². The SMILES string of the molecule is Cc1ccc(-c2nnc(SC(C)C(=O)Nc3ccc(C(N)=O)cc3)n2-c2ccc(Cl)cc2)cc1. The number of anilines is 1. The number of nitrogens with one attached hydrogen (secondary N) is 1. The molecule has 4 rings (SSSR count). The van der Waals surface area contributed by atoms with Crippen LogP contribution >= 0.6 is 23.4 Å². The van der Waals surface area contributed by atoms with E-state index in [0.717, 1.165) is 16.8 Å². The van der Waals surface area contributed by atoms with Crippen LogP contribution in [0.2, 0.25) is 5.02 Å². The quantitative estimate of drug-likeness (QED) is 0.349. The van der Waals surface area contributed by atoms with Crippen LogP contribution in [0.5, 0.6) is 0 Å². The zero-order valence-electron chi connectivity index (χ0n) is 18.5. The summed E-state index contributed by atoms with van der Waals surface area (Å²) in [7, 11) is 0. The van der Waals surface area contributed by atoms with E-state index in [9.17, 15) is 9.59 Å². The molecule has 9 heteroatoms. The lowest BCUT2D eigenvalue weighted by Gasteiger charge is -2.14. The molecule has 1 heterocycles. The summed E-state index contributed by atoms with van der Waals surface area (Å²) in [6.45, 7) is 3.82. The molecule has 0 saturated heterocycles. The van der Waals surface area contributed by atoms with E-state index in [2.05, 4.69) is 15.5 Å². The summed E-state index contributed by atoms with van der Waals surface area (Å²) in [5.41, 5.74) is 9.10. The average Bonchev–Trinajstić information content (AvgIpc) is 3.23. The summed E-state index contributed by atoms with van der Waals surface area (Å²) in [4.78, 5) is 24.1. The van der Waals surface area contributed by atoms with Crippen LogP contribution < -0.4 is 11.1 Å². The summed E-state index contributed by atoms with van der Waals surface area (Å²) >= 11 is 7.39. The molecule has 172 valence electrons. The summed E-state index contributed by atoms with van der Waals surface area (Å²) in [6, 6.07) is 21.8. The Morgan fingerprint density at radius 1 is 0.971 bits per heavy atom. The Morgan fingerprint density at radius 2 is 1.62 bits per heavy atom. The summed E-state index contributed by atoms with van der Waals surface area (Å²) in [6.07, 6.45) is 0. The van der Waals surface area contributed by atoms with E-state index < -0.39 is 11.2 Å². The Morgan fingerprint density at radius 3 is 2.24 bits per heavy atom. The predicted molar refractivity (Wildman–Crippen MR) is 135 cm³/mol. The van der Waals surface area contributed by atoms with Crippen LogP contribution in [0.25, 0.3) is 17.1 Å². The van der Waals surface area contributed by atoms with Crippen LogP contribution in [0, 0.1) is 6.92 Å². The number of amides is 2. The normalized spacial score (nSPS) is 11.7. The minimum absolute atomic E-state index is 0.209. The second kappa shape index (κ2) is 10.1. The molecule has 3 N–H and O–H groups in total. The number of primary amides is 1. The van der Waals surface area contributed by atoms with E-state index in [-0.39, 0.29) is 5.91 Å². The van der Waals surface area contributed by atoms with Crippen molar-refractivity contribution in [3.8, 4) is 17.1 Å². The Labute approximate surface area is 206 Å². The van der Waals surface area contributed by atoms with Crippen molar-refractivity contribution in [3.63, 3.8) is 0 Å². The maximum atomic E-state index is 12.8. The van der Waals surface area contributed by atoms with Gasteiger partial charge in [-0.1, -0.05) is 53.2 Å². The summed E-state index contributed by atoms with van der Waals surface area (Å²) < 4.78 is 1.91. The zero-order chi connectivity index (χ0) is 24.2. The molecule has 2 amide bonds. The molecule has 3 aromatic carbocycles. The molecule has 7 nitrogen and oxygen atoms in total. The summed E-state index contributed by atoms with van der Waals surface area (Å²) in [5.74, 6) is -0.0634. The van der Waals surface area contributed by atoms with Crippen molar-refractivity contribution in [2.45, 2.75) is 24.3 Å². The Hall–Kier alpha value is -3.62. The van der Waals surface area contributed by atoms with Crippen molar-refractivity contribution in [2.75, 3.05) is 5.32 Å². The smallest absolute Gasteiger partial charge is 0.248 e. The molecule has 0 saturated carbocycles. The Balaban J connectivity index is 1.60. The monoisotopic (exact) mass is 491 g/mol. The molecule has 0 aliphatic carbocycles. The standard InChI is InChI=1S/C25H22ClN5O2S/c1-15-3-5-18(6-4-15)23-29-30-25(31(23)21-13-9-19(26)10-14-21)34-16(2)24(33)28-20-11-7-17(8-12-20)22(27)32/h3-14,16H,1-2H3,(H2,27,32)(H,28,33). The van der Waals surface area contributed by atoms with Crippen LogP contribution in [0.3, 0.4) is 0 Å². The fourth-order valence-corrected chi connectivity index (χ4v) is 4.23. The first-order valence-corrected chi connectivity index (χ1v) is 11.7. The van der Waals surface area contributed by atoms with E-state index in [0.29, 0.717) is 27.3 Å². The van der Waals surface area contributed by atoms with Gasteiger partial charge in [0.1, 0.15) is 0 Å². The van der Waals surface area contributed by atoms with Gasteiger partial charge in [-0.2, -0.15) is 0 Å². The van der Waals surface area contributed by atoms with Crippen LogP contribution in [0.1, 0.15) is 22.8 Å². The van der Waals surface area contributed by atoms with Gasteiger partial charge in [-0.15, -0.1) is 10.2 Å². The fourth-order valence-electron chi connectivity index (χ4n) is 3.23. The number of benzene rings is 3. The fraction of sp³-hybridized carbons (Fsp3) is 0.120. The van der Waals surface area contributed by atoms with Gasteiger partial charge >= 0.3 is 0 Å². The van der Waals surface area contributed by atoms with Gasteiger partial charge in [-0.3, -0.25) is 14.2 Å². The molecular formula is C25H22ClN5O2S. The van der Waals surface area contributed by atoms with Gasteiger partial charge in [0.15, 0.2) is 11.0 Å². The molecule has 0 bridgehead atoms. The van der Waals surface area contributed by atoms with Crippen LogP contribution in [-0.4, -0.2) is 31.8 Å². The summed E-state index contributed by atoms with van der Waals surface area (Å²) in [5, 5.41) is 12.4. The first-order chi connectivity index (χ1) is 16.3. The lowest BCUT2D eigenvalue weighted by molar-refractivity contribution is -0.115. The third kappa shape index (κ3) is 5.30. The number of carbonyl (C=O) groups is 2. The van der Waals surface area contributed by atoms with E-state index in [1.165, 1.54) is 11.8 Å². The highest BCUT2D eigenvalue weighted by molar-refractivity contribution is 8.00. The lowest BCUT2D eigenvalue weighted by Crippen LogP contribution is -2.23. The van der Waals surface area contributed by atoms with Gasteiger partial charge in [0, 0.05) is 27.5 Å². The number of hydrogen-bond donors (Lipinski definition) is 2. The first-order valence-electron chi connectivity index (χ1n) is 10.5. The molecule has 0 spiro atoms. The maximum Gasteiger partial charge on any atom is 0.248 e. The Bertz CT molecular complexity index is 1320. The molecule has 1 aromatic heterocycles. The van der Waals surface area contributed by atoms with E-state index in [1.54, 1.807) is 43.3 Å². The van der Waals surface area contributed by atoms with Gasteiger partial charge in [-0.05, 0) is 62.4 Å². The van der Waals surface area contributed by atoms with Crippen molar-refractivity contribution < 1.29 is 9.59 Å². The number of hydrogen-bond acceptors (Lipinski definition) is 5. The van der Waals surface area contributed by atoms with Crippen molar-refractivity contribution in [1.82, 2.24) is 14.8 Å². The highest BCUT2D eigenvalue weighted by atomic mass is 35.5.